The lowest BCUT2D eigenvalue weighted by Crippen LogP contribution is -2.25. The topological polar surface area (TPSA) is 82.7 Å². The maximum atomic E-state index is 13.9. The van der Waals surface area contributed by atoms with Gasteiger partial charge in [-0.2, -0.15) is 4.68 Å². The van der Waals surface area contributed by atoms with E-state index in [9.17, 15) is 9.59 Å². The number of thiophene rings is 1. The van der Waals surface area contributed by atoms with Crippen LogP contribution in [0, 0.1) is 13.8 Å². The quantitative estimate of drug-likeness (QED) is 0.276. The van der Waals surface area contributed by atoms with E-state index in [-0.39, 0.29) is 17.0 Å². The summed E-state index contributed by atoms with van der Waals surface area (Å²) in [7, 11) is 0. The predicted octanol–water partition coefficient (Wildman–Crippen LogP) is 4.41. The van der Waals surface area contributed by atoms with E-state index in [1.54, 1.807) is 28.0 Å². The van der Waals surface area contributed by atoms with Crippen LogP contribution in [0.25, 0.3) is 26.8 Å². The number of fused-ring (bicyclic) bond motifs is 4. The van der Waals surface area contributed by atoms with Gasteiger partial charge in [-0.05, 0) is 68.0 Å². The van der Waals surface area contributed by atoms with Crippen molar-refractivity contribution in [1.29, 1.82) is 0 Å². The van der Waals surface area contributed by atoms with Crippen LogP contribution in [0.4, 0.5) is 0 Å². The van der Waals surface area contributed by atoms with E-state index < -0.39 is 0 Å². The lowest BCUT2D eigenvalue weighted by Gasteiger charge is -2.15. The summed E-state index contributed by atoms with van der Waals surface area (Å²) in [4.78, 5) is 33.8. The van der Waals surface area contributed by atoms with Crippen molar-refractivity contribution in [3.63, 3.8) is 0 Å². The van der Waals surface area contributed by atoms with E-state index in [1.165, 1.54) is 21.3 Å². The number of benzene rings is 2. The zero-order valence-corrected chi connectivity index (χ0v) is 20.4. The van der Waals surface area contributed by atoms with Crippen LogP contribution in [0.5, 0.6) is 0 Å². The highest BCUT2D eigenvalue weighted by Crippen LogP contribution is 2.36. The number of rotatable bonds is 4. The van der Waals surface area contributed by atoms with Crippen LogP contribution in [0.2, 0.25) is 0 Å². The second-order valence-electron chi connectivity index (χ2n) is 8.55. The van der Waals surface area contributed by atoms with Gasteiger partial charge in [-0.1, -0.05) is 41.2 Å². The van der Waals surface area contributed by atoms with Crippen LogP contribution in [0.15, 0.2) is 57.2 Å². The fourth-order valence-corrected chi connectivity index (χ4v) is 6.70. The van der Waals surface area contributed by atoms with Gasteiger partial charge in [-0.15, -0.1) is 16.4 Å². The summed E-state index contributed by atoms with van der Waals surface area (Å²) in [5.41, 5.74) is 4.34. The molecule has 0 amide bonds. The number of hydrogen-bond acceptors (Lipinski definition) is 7. The Balaban J connectivity index is 1.51. The van der Waals surface area contributed by atoms with Crippen molar-refractivity contribution in [3.8, 4) is 5.69 Å². The number of aromatic nitrogens is 5. The zero-order chi connectivity index (χ0) is 23.4. The van der Waals surface area contributed by atoms with Gasteiger partial charge in [0.05, 0.1) is 22.3 Å². The summed E-state index contributed by atoms with van der Waals surface area (Å²) in [6.45, 7) is 4.01. The van der Waals surface area contributed by atoms with E-state index in [2.05, 4.69) is 10.3 Å². The first-order valence-electron chi connectivity index (χ1n) is 11.1. The van der Waals surface area contributed by atoms with Crippen molar-refractivity contribution in [1.82, 2.24) is 24.5 Å². The van der Waals surface area contributed by atoms with E-state index >= 15 is 0 Å². The molecule has 6 rings (SSSR count). The number of thioether (sulfide) groups is 1. The summed E-state index contributed by atoms with van der Waals surface area (Å²) in [5.74, 6) is 0.199. The SMILES string of the molecule is Cc1ccc(C)c(-n2c(SCn3nnc4ccccc4c3=O)nc3sc4c(c3c2=O)CCC4)c1. The molecule has 3 heterocycles. The highest BCUT2D eigenvalue weighted by Gasteiger charge is 2.24. The van der Waals surface area contributed by atoms with Gasteiger partial charge < -0.3 is 0 Å². The first-order chi connectivity index (χ1) is 16.5. The van der Waals surface area contributed by atoms with E-state index in [4.69, 9.17) is 4.98 Å². The van der Waals surface area contributed by atoms with Crippen LogP contribution in [0.1, 0.15) is 28.0 Å². The number of nitrogens with zero attached hydrogens (tertiary/aromatic N) is 5. The fraction of sp³-hybridized carbons (Fsp3) is 0.240. The molecule has 34 heavy (non-hydrogen) atoms. The first kappa shape index (κ1) is 21.2. The molecule has 0 saturated carbocycles. The monoisotopic (exact) mass is 487 g/mol. The van der Waals surface area contributed by atoms with Gasteiger partial charge in [0.2, 0.25) is 0 Å². The first-order valence-corrected chi connectivity index (χ1v) is 12.9. The molecule has 0 saturated heterocycles. The summed E-state index contributed by atoms with van der Waals surface area (Å²) >= 11 is 2.94. The van der Waals surface area contributed by atoms with Crippen molar-refractivity contribution >= 4 is 44.2 Å². The van der Waals surface area contributed by atoms with Crippen LogP contribution >= 0.6 is 23.1 Å². The maximum absolute atomic E-state index is 13.9. The molecule has 7 nitrogen and oxygen atoms in total. The Kier molecular flexibility index (Phi) is 5.11. The highest BCUT2D eigenvalue weighted by atomic mass is 32.2. The molecule has 0 bridgehead atoms. The Morgan fingerprint density at radius 2 is 1.91 bits per heavy atom. The van der Waals surface area contributed by atoms with Gasteiger partial charge in [0.15, 0.2) is 5.16 Å². The lowest BCUT2D eigenvalue weighted by molar-refractivity contribution is 0.642. The molecule has 2 aromatic carbocycles. The van der Waals surface area contributed by atoms with Gasteiger partial charge in [-0.25, -0.2) is 4.98 Å². The van der Waals surface area contributed by atoms with Crippen molar-refractivity contribution < 1.29 is 0 Å². The molecule has 0 fully saturated rings. The normalized spacial score (nSPS) is 13.1. The standard InChI is InChI=1S/C25H21N5O2S2/c1-14-10-11-15(2)19(12-14)30-24(32)21-17-7-5-9-20(17)34-22(21)26-25(30)33-13-29-23(31)16-6-3-4-8-18(16)27-28-29/h3-4,6,8,10-12H,5,7,9,13H2,1-2H3. The van der Waals surface area contributed by atoms with Crippen molar-refractivity contribution in [2.45, 2.75) is 44.1 Å². The third-order valence-electron chi connectivity index (χ3n) is 6.26. The third-order valence-corrected chi connectivity index (χ3v) is 8.35. The maximum Gasteiger partial charge on any atom is 0.278 e. The minimum absolute atomic E-state index is 0.0439. The second-order valence-corrected chi connectivity index (χ2v) is 10.5. The van der Waals surface area contributed by atoms with Gasteiger partial charge in [0, 0.05) is 4.88 Å². The van der Waals surface area contributed by atoms with Crippen molar-refractivity contribution in [2.24, 2.45) is 0 Å². The summed E-state index contributed by atoms with van der Waals surface area (Å²) in [5, 5.41) is 10.1. The smallest absolute Gasteiger partial charge is 0.268 e. The molecule has 5 aromatic rings. The van der Waals surface area contributed by atoms with Crippen molar-refractivity contribution in [2.75, 3.05) is 0 Å². The minimum atomic E-state index is -0.213. The van der Waals surface area contributed by atoms with Gasteiger partial charge in [-0.3, -0.25) is 14.2 Å². The van der Waals surface area contributed by atoms with Crippen LogP contribution in [-0.4, -0.2) is 24.5 Å². The Morgan fingerprint density at radius 3 is 2.79 bits per heavy atom. The molecule has 0 unspecified atom stereocenters. The third kappa shape index (κ3) is 3.38. The molecule has 0 aliphatic heterocycles. The van der Waals surface area contributed by atoms with Gasteiger partial charge in [0.1, 0.15) is 10.3 Å². The molecule has 3 aromatic heterocycles. The number of hydrogen-bond donors (Lipinski definition) is 0. The zero-order valence-electron chi connectivity index (χ0n) is 18.7. The molecule has 9 heteroatoms. The Bertz CT molecular complexity index is 1720. The van der Waals surface area contributed by atoms with Gasteiger partial charge in [0.25, 0.3) is 11.1 Å². The average molecular weight is 488 g/mol. The second kappa shape index (κ2) is 8.18. The summed E-state index contributed by atoms with van der Waals surface area (Å²) in [6, 6.07) is 13.2. The van der Waals surface area contributed by atoms with Crippen LogP contribution in [-0.2, 0) is 18.7 Å². The largest absolute Gasteiger partial charge is 0.278 e. The predicted molar refractivity (Wildman–Crippen MR) is 136 cm³/mol. The molecule has 170 valence electrons. The highest BCUT2D eigenvalue weighted by molar-refractivity contribution is 7.98. The number of aryl methyl sites for hydroxylation is 4. The van der Waals surface area contributed by atoms with Crippen LogP contribution in [0.3, 0.4) is 0 Å². The molecular formula is C25H21N5O2S2. The summed E-state index contributed by atoms with van der Waals surface area (Å²) < 4.78 is 3.03. The Morgan fingerprint density at radius 1 is 1.06 bits per heavy atom. The Hall–Kier alpha value is -3.30. The molecule has 1 aliphatic carbocycles. The molecule has 0 radical (unpaired) electrons. The van der Waals surface area contributed by atoms with Gasteiger partial charge >= 0.3 is 0 Å². The van der Waals surface area contributed by atoms with E-state index in [1.807, 2.05) is 44.2 Å². The van der Waals surface area contributed by atoms with E-state index in [0.717, 1.165) is 51.9 Å². The molecule has 1 aliphatic rings. The molecule has 0 spiro atoms. The lowest BCUT2D eigenvalue weighted by atomic mass is 10.1. The summed E-state index contributed by atoms with van der Waals surface area (Å²) in [6.07, 6.45) is 3.01. The van der Waals surface area contributed by atoms with Crippen LogP contribution < -0.4 is 11.1 Å². The average Bonchev–Trinajstić information content (AvgIpc) is 3.42. The Labute approximate surface area is 203 Å². The van der Waals surface area contributed by atoms with E-state index in [0.29, 0.717) is 16.1 Å². The minimum Gasteiger partial charge on any atom is -0.268 e. The molecule has 0 N–H and O–H groups in total. The molecule has 0 atom stereocenters. The fourth-order valence-electron chi connectivity index (χ4n) is 4.52. The molecular weight excluding hydrogens is 466 g/mol. The van der Waals surface area contributed by atoms with Crippen molar-refractivity contribution in [3.05, 3.63) is 84.7 Å².